The number of nitrogens with zero attached hydrogens (tertiary/aromatic N) is 1. The van der Waals surface area contributed by atoms with Crippen molar-refractivity contribution in [2.45, 2.75) is 27.0 Å². The number of anilines is 3. The third kappa shape index (κ3) is 4.58. The minimum Gasteiger partial charge on any atom is -0.457 e. The molecule has 2 spiro atoms. The van der Waals surface area contributed by atoms with Crippen LogP contribution in [0.5, 0.6) is 11.5 Å². The molecule has 2 heterocycles. The highest BCUT2D eigenvalue weighted by Gasteiger charge is 2.53. The van der Waals surface area contributed by atoms with Gasteiger partial charge in [-0.1, -0.05) is 182 Å². The second kappa shape index (κ2) is 13.4. The van der Waals surface area contributed by atoms with Crippen molar-refractivity contribution in [1.29, 1.82) is 0 Å². The Kier molecular flexibility index (Phi) is 7.38. The highest BCUT2D eigenvalue weighted by molar-refractivity contribution is 7.99. The highest BCUT2D eigenvalue weighted by atomic mass is 32.2. The summed E-state index contributed by atoms with van der Waals surface area (Å²) < 4.78 is 6.69. The van der Waals surface area contributed by atoms with E-state index in [4.69, 9.17) is 4.74 Å². The smallest absolute Gasteiger partial charge is 0.132 e. The van der Waals surface area contributed by atoms with Gasteiger partial charge in [-0.3, -0.25) is 0 Å². The molecule has 0 saturated carbocycles. The topological polar surface area (TPSA) is 12.5 Å². The molecule has 66 heavy (non-hydrogen) atoms. The SMILES string of the molecule is c1ccc2c(c1)Cc1ccc(N(c3ccc4c(c3)-c3ccccc3C43c4ccccc4Oc4ccccc43)c3cccc4c3-c3ccccc3C43c4ccccc4Sc4ccccc43)cc1-2. The molecule has 2 nitrogen and oxygen atoms in total. The van der Waals surface area contributed by atoms with Crippen LogP contribution in [0, 0.1) is 0 Å². The van der Waals surface area contributed by atoms with Gasteiger partial charge in [0.2, 0.25) is 0 Å². The molecule has 15 rings (SSSR count). The lowest BCUT2D eigenvalue weighted by atomic mass is 9.66. The van der Waals surface area contributed by atoms with Gasteiger partial charge in [-0.05, 0) is 133 Å². The zero-order chi connectivity index (χ0) is 43.1. The highest BCUT2D eigenvalue weighted by Crippen LogP contribution is 2.66. The third-order valence-corrected chi connectivity index (χ3v) is 16.4. The first-order valence-corrected chi connectivity index (χ1v) is 23.8. The number of hydrogen-bond donors (Lipinski definition) is 0. The molecule has 10 aromatic rings. The lowest BCUT2D eigenvalue weighted by molar-refractivity contribution is 0.436. The first-order valence-electron chi connectivity index (χ1n) is 23.0. The molecule has 2 aliphatic heterocycles. The zero-order valence-corrected chi connectivity index (χ0v) is 36.6. The van der Waals surface area contributed by atoms with Crippen molar-refractivity contribution < 1.29 is 4.74 Å². The quantitative estimate of drug-likeness (QED) is 0.176. The molecule has 10 aromatic carbocycles. The maximum atomic E-state index is 6.69. The summed E-state index contributed by atoms with van der Waals surface area (Å²) in [7, 11) is 0. The number of hydrogen-bond acceptors (Lipinski definition) is 3. The standard InChI is InChI=1S/C63H39NOS/c1-2-17-43-39(16-1)36-40-32-33-41(37-46(40)43)64(42-34-35-50-47(38-42)44-18-3-5-20-48(44)62(50)51-22-7-11-28-57(51)65-58-29-12-8-23-52(58)62)56-27-15-26-55-61(56)45-19-4-6-21-49(45)63(55)53-24-9-13-30-59(53)66-60-31-14-10-25-54(60)63/h1-35,37-38H,36H2. The largest absolute Gasteiger partial charge is 0.457 e. The Labute approximate surface area is 388 Å². The normalized spacial score (nSPS) is 14.9. The van der Waals surface area contributed by atoms with Crippen molar-refractivity contribution in [1.82, 2.24) is 0 Å². The van der Waals surface area contributed by atoms with Crippen molar-refractivity contribution in [2.75, 3.05) is 4.90 Å². The monoisotopic (exact) mass is 857 g/mol. The van der Waals surface area contributed by atoms with Gasteiger partial charge in [-0.15, -0.1) is 0 Å². The van der Waals surface area contributed by atoms with Gasteiger partial charge in [0.1, 0.15) is 11.5 Å². The second-order valence-electron chi connectivity index (χ2n) is 18.2. The maximum Gasteiger partial charge on any atom is 0.132 e. The Morgan fingerprint density at radius 1 is 0.348 bits per heavy atom. The summed E-state index contributed by atoms with van der Waals surface area (Å²) in [4.78, 5) is 5.17. The van der Waals surface area contributed by atoms with Gasteiger partial charge in [0, 0.05) is 37.9 Å². The van der Waals surface area contributed by atoms with E-state index in [9.17, 15) is 0 Å². The molecule has 308 valence electrons. The molecule has 0 N–H and O–H groups in total. The van der Waals surface area contributed by atoms with Crippen molar-refractivity contribution in [3.63, 3.8) is 0 Å². The molecule has 0 atom stereocenters. The fraction of sp³-hybridized carbons (Fsp3) is 0.0476. The summed E-state index contributed by atoms with van der Waals surface area (Å²) >= 11 is 1.89. The number of benzene rings is 10. The van der Waals surface area contributed by atoms with Crippen LogP contribution in [0.25, 0.3) is 33.4 Å². The zero-order valence-electron chi connectivity index (χ0n) is 35.8. The van der Waals surface area contributed by atoms with Crippen molar-refractivity contribution in [2.24, 2.45) is 0 Å². The molecule has 0 unspecified atom stereocenters. The average Bonchev–Trinajstić information content (AvgIpc) is 4.00. The van der Waals surface area contributed by atoms with Crippen LogP contribution in [0.15, 0.2) is 234 Å². The molecular weight excluding hydrogens is 819 g/mol. The van der Waals surface area contributed by atoms with Crippen LogP contribution >= 0.6 is 11.8 Å². The molecule has 0 saturated heterocycles. The van der Waals surface area contributed by atoms with Crippen molar-refractivity contribution in [3.8, 4) is 44.9 Å². The number of fused-ring (bicyclic) bond motifs is 21. The Morgan fingerprint density at radius 2 is 0.833 bits per heavy atom. The lowest BCUT2D eigenvalue weighted by Gasteiger charge is -2.40. The Hall–Kier alpha value is -7.85. The molecular formula is C63H39NOS. The van der Waals surface area contributed by atoms with E-state index in [1.807, 2.05) is 11.8 Å². The first-order chi connectivity index (χ1) is 32.7. The van der Waals surface area contributed by atoms with E-state index in [-0.39, 0.29) is 0 Å². The van der Waals surface area contributed by atoms with Crippen LogP contribution in [0.2, 0.25) is 0 Å². The number of rotatable bonds is 3. The van der Waals surface area contributed by atoms with E-state index in [1.165, 1.54) is 104 Å². The summed E-state index contributed by atoms with van der Waals surface area (Å²) in [5, 5.41) is 0. The Balaban J connectivity index is 1.02. The van der Waals surface area contributed by atoms with Crippen molar-refractivity contribution >= 4 is 28.8 Å². The minimum absolute atomic E-state index is 0.490. The fourth-order valence-corrected chi connectivity index (χ4v) is 13.9. The molecule has 3 aliphatic carbocycles. The molecule has 0 aromatic heterocycles. The predicted octanol–water partition coefficient (Wildman–Crippen LogP) is 16.0. The van der Waals surface area contributed by atoms with Crippen LogP contribution in [-0.2, 0) is 17.3 Å². The fourth-order valence-electron chi connectivity index (χ4n) is 12.7. The summed E-state index contributed by atoms with van der Waals surface area (Å²) in [6, 6.07) is 84.1. The Bertz CT molecular complexity index is 3640. The van der Waals surface area contributed by atoms with E-state index in [0.29, 0.717) is 0 Å². The van der Waals surface area contributed by atoms with Crippen LogP contribution in [0.4, 0.5) is 17.1 Å². The summed E-state index contributed by atoms with van der Waals surface area (Å²) in [5.41, 5.74) is 23.0. The molecule has 0 amide bonds. The van der Waals surface area contributed by atoms with E-state index in [0.717, 1.165) is 29.3 Å². The van der Waals surface area contributed by atoms with Crippen molar-refractivity contribution in [3.05, 3.63) is 280 Å². The van der Waals surface area contributed by atoms with E-state index < -0.39 is 10.8 Å². The van der Waals surface area contributed by atoms with Crippen LogP contribution in [0.1, 0.15) is 55.6 Å². The molecule has 5 aliphatic rings. The second-order valence-corrected chi connectivity index (χ2v) is 19.3. The summed E-state index contributed by atoms with van der Waals surface area (Å²) in [5.74, 6) is 1.80. The maximum absolute atomic E-state index is 6.69. The van der Waals surface area contributed by atoms with E-state index in [2.05, 4.69) is 229 Å². The predicted molar refractivity (Wildman–Crippen MR) is 268 cm³/mol. The van der Waals surface area contributed by atoms with Gasteiger partial charge in [-0.25, -0.2) is 0 Å². The van der Waals surface area contributed by atoms with E-state index >= 15 is 0 Å². The van der Waals surface area contributed by atoms with Gasteiger partial charge in [0.05, 0.1) is 16.5 Å². The van der Waals surface area contributed by atoms with Gasteiger partial charge in [0.25, 0.3) is 0 Å². The Morgan fingerprint density at radius 3 is 1.55 bits per heavy atom. The van der Waals surface area contributed by atoms with Gasteiger partial charge < -0.3 is 9.64 Å². The molecule has 0 fully saturated rings. The van der Waals surface area contributed by atoms with Crippen LogP contribution < -0.4 is 9.64 Å². The molecule has 0 radical (unpaired) electrons. The minimum atomic E-state index is -0.545. The van der Waals surface area contributed by atoms with Gasteiger partial charge >= 0.3 is 0 Å². The summed E-state index contributed by atoms with van der Waals surface area (Å²) in [6.45, 7) is 0. The number of ether oxygens (including phenoxy) is 1. The van der Waals surface area contributed by atoms with Gasteiger partial charge in [-0.2, -0.15) is 0 Å². The van der Waals surface area contributed by atoms with Gasteiger partial charge in [0.15, 0.2) is 0 Å². The molecule has 0 bridgehead atoms. The van der Waals surface area contributed by atoms with Crippen LogP contribution in [0.3, 0.4) is 0 Å². The third-order valence-electron chi connectivity index (χ3n) is 15.2. The number of para-hydroxylation sites is 2. The lowest BCUT2D eigenvalue weighted by Crippen LogP contribution is -2.32. The first kappa shape index (κ1) is 36.5. The van der Waals surface area contributed by atoms with E-state index in [1.54, 1.807) is 0 Å². The van der Waals surface area contributed by atoms with Crippen LogP contribution in [-0.4, -0.2) is 0 Å². The summed E-state index contributed by atoms with van der Waals surface area (Å²) in [6.07, 6.45) is 0.948. The molecule has 3 heteroatoms. The average molecular weight is 858 g/mol.